The molecule has 3 nitrogen and oxygen atoms in total. The molecular weight excluding hydrogens is 274 g/mol. The third-order valence-corrected chi connectivity index (χ3v) is 4.11. The van der Waals surface area contributed by atoms with Crippen molar-refractivity contribution >= 4 is 5.91 Å². The average molecular weight is 295 g/mol. The molecule has 3 rings (SSSR count). The first-order valence-electron chi connectivity index (χ1n) is 7.74. The van der Waals surface area contributed by atoms with Gasteiger partial charge in [-0.2, -0.15) is 0 Å². The SMILES string of the molecule is COc1ccccc1CC(=O)NC(c1ccccc1)C1CC1. The molecule has 1 fully saturated rings. The topological polar surface area (TPSA) is 38.3 Å². The van der Waals surface area contributed by atoms with Crippen molar-refractivity contribution in [2.24, 2.45) is 5.92 Å². The minimum Gasteiger partial charge on any atom is -0.496 e. The van der Waals surface area contributed by atoms with Crippen LogP contribution in [0, 0.1) is 5.92 Å². The molecule has 0 heterocycles. The molecule has 3 heteroatoms. The number of nitrogens with one attached hydrogen (secondary N) is 1. The highest BCUT2D eigenvalue weighted by Gasteiger charge is 2.33. The lowest BCUT2D eigenvalue weighted by Gasteiger charge is -2.19. The van der Waals surface area contributed by atoms with E-state index in [4.69, 9.17) is 4.74 Å². The first kappa shape index (κ1) is 14.6. The van der Waals surface area contributed by atoms with Crippen molar-refractivity contribution in [3.8, 4) is 5.75 Å². The molecule has 2 aromatic carbocycles. The fourth-order valence-electron chi connectivity index (χ4n) is 2.81. The zero-order valence-electron chi connectivity index (χ0n) is 12.8. The van der Waals surface area contributed by atoms with Gasteiger partial charge in [0.15, 0.2) is 0 Å². The monoisotopic (exact) mass is 295 g/mol. The van der Waals surface area contributed by atoms with Crippen LogP contribution in [0.3, 0.4) is 0 Å². The maximum Gasteiger partial charge on any atom is 0.225 e. The average Bonchev–Trinajstić information content (AvgIpc) is 3.39. The van der Waals surface area contributed by atoms with Crippen LogP contribution in [-0.4, -0.2) is 13.0 Å². The molecule has 1 saturated carbocycles. The largest absolute Gasteiger partial charge is 0.496 e. The number of carbonyl (C=O) groups is 1. The molecule has 1 aliphatic rings. The molecule has 0 aliphatic heterocycles. The van der Waals surface area contributed by atoms with Crippen LogP contribution in [-0.2, 0) is 11.2 Å². The molecule has 1 aliphatic carbocycles. The van der Waals surface area contributed by atoms with E-state index < -0.39 is 0 Å². The molecule has 1 amide bonds. The highest BCUT2D eigenvalue weighted by molar-refractivity contribution is 5.79. The minimum absolute atomic E-state index is 0.0465. The molecule has 1 unspecified atom stereocenters. The van der Waals surface area contributed by atoms with Gasteiger partial charge < -0.3 is 10.1 Å². The van der Waals surface area contributed by atoms with Crippen LogP contribution >= 0.6 is 0 Å². The molecule has 2 aromatic rings. The number of carbonyl (C=O) groups excluding carboxylic acids is 1. The molecule has 0 bridgehead atoms. The summed E-state index contributed by atoms with van der Waals surface area (Å²) in [6.45, 7) is 0. The number of benzene rings is 2. The van der Waals surface area contributed by atoms with Crippen LogP contribution in [0.1, 0.15) is 30.0 Å². The van der Waals surface area contributed by atoms with Gasteiger partial charge in [0, 0.05) is 5.56 Å². The quantitative estimate of drug-likeness (QED) is 0.885. The molecule has 0 spiro atoms. The number of hydrogen-bond acceptors (Lipinski definition) is 2. The standard InChI is InChI=1S/C19H21NO2/c1-22-17-10-6-5-9-16(17)13-18(21)20-19(15-11-12-15)14-7-3-2-4-8-14/h2-10,15,19H,11-13H2,1H3,(H,20,21). The molecule has 0 radical (unpaired) electrons. The molecule has 114 valence electrons. The van der Waals surface area contributed by atoms with Gasteiger partial charge in [0.05, 0.1) is 19.6 Å². The molecule has 1 atom stereocenters. The Balaban J connectivity index is 1.69. The summed E-state index contributed by atoms with van der Waals surface area (Å²) in [5.41, 5.74) is 2.11. The van der Waals surface area contributed by atoms with E-state index >= 15 is 0 Å². The number of ether oxygens (including phenoxy) is 1. The molecule has 1 N–H and O–H groups in total. The number of amides is 1. The Morgan fingerprint density at radius 3 is 2.50 bits per heavy atom. The van der Waals surface area contributed by atoms with Crippen LogP contribution in [0.25, 0.3) is 0 Å². The van der Waals surface area contributed by atoms with Gasteiger partial charge in [-0.1, -0.05) is 48.5 Å². The second-order valence-electron chi connectivity index (χ2n) is 5.78. The summed E-state index contributed by atoms with van der Waals surface area (Å²) in [6.07, 6.45) is 2.73. The van der Waals surface area contributed by atoms with E-state index in [9.17, 15) is 4.79 Å². The van der Waals surface area contributed by atoms with Crippen molar-refractivity contribution in [2.45, 2.75) is 25.3 Å². The van der Waals surface area contributed by atoms with Gasteiger partial charge in [0.1, 0.15) is 5.75 Å². The van der Waals surface area contributed by atoms with Gasteiger partial charge in [0.25, 0.3) is 0 Å². The second-order valence-corrected chi connectivity index (χ2v) is 5.78. The van der Waals surface area contributed by atoms with E-state index in [0.717, 1.165) is 11.3 Å². The third kappa shape index (κ3) is 3.48. The van der Waals surface area contributed by atoms with Crippen LogP contribution < -0.4 is 10.1 Å². The van der Waals surface area contributed by atoms with Crippen molar-refractivity contribution in [2.75, 3.05) is 7.11 Å². The van der Waals surface area contributed by atoms with Crippen molar-refractivity contribution in [3.05, 3.63) is 65.7 Å². The maximum absolute atomic E-state index is 12.4. The van der Waals surface area contributed by atoms with Crippen LogP contribution in [0.15, 0.2) is 54.6 Å². The van der Waals surface area contributed by atoms with Gasteiger partial charge in [-0.05, 0) is 30.4 Å². The molecular formula is C19H21NO2. The smallest absolute Gasteiger partial charge is 0.225 e. The van der Waals surface area contributed by atoms with Gasteiger partial charge in [0.2, 0.25) is 5.91 Å². The Morgan fingerprint density at radius 1 is 1.14 bits per heavy atom. The number of hydrogen-bond donors (Lipinski definition) is 1. The Morgan fingerprint density at radius 2 is 1.82 bits per heavy atom. The van der Waals surface area contributed by atoms with Crippen molar-refractivity contribution in [3.63, 3.8) is 0 Å². The third-order valence-electron chi connectivity index (χ3n) is 4.11. The summed E-state index contributed by atoms with van der Waals surface area (Å²) in [5, 5.41) is 3.20. The number of para-hydroxylation sites is 1. The van der Waals surface area contributed by atoms with E-state index in [2.05, 4.69) is 17.4 Å². The summed E-state index contributed by atoms with van der Waals surface area (Å²) in [7, 11) is 1.63. The van der Waals surface area contributed by atoms with E-state index in [0.29, 0.717) is 12.3 Å². The molecule has 0 saturated heterocycles. The summed E-state index contributed by atoms with van der Waals surface area (Å²) < 4.78 is 5.32. The molecule has 0 aromatic heterocycles. The summed E-state index contributed by atoms with van der Waals surface area (Å²) >= 11 is 0. The number of rotatable bonds is 6. The fourth-order valence-corrected chi connectivity index (χ4v) is 2.81. The highest BCUT2D eigenvalue weighted by atomic mass is 16.5. The van der Waals surface area contributed by atoms with E-state index in [1.165, 1.54) is 18.4 Å². The van der Waals surface area contributed by atoms with Gasteiger partial charge in [-0.3, -0.25) is 4.79 Å². The lowest BCUT2D eigenvalue weighted by atomic mass is 10.0. The molecule has 22 heavy (non-hydrogen) atoms. The van der Waals surface area contributed by atoms with E-state index in [1.54, 1.807) is 7.11 Å². The Kier molecular flexibility index (Phi) is 4.42. The second kappa shape index (κ2) is 6.65. The number of methoxy groups -OCH3 is 1. The first-order chi connectivity index (χ1) is 10.8. The van der Waals surface area contributed by atoms with Crippen LogP contribution in [0.5, 0.6) is 5.75 Å². The van der Waals surface area contributed by atoms with E-state index in [1.807, 2.05) is 42.5 Å². The maximum atomic E-state index is 12.4. The van der Waals surface area contributed by atoms with Crippen molar-refractivity contribution in [1.82, 2.24) is 5.32 Å². The summed E-state index contributed by atoms with van der Waals surface area (Å²) in [5.74, 6) is 1.38. The highest BCUT2D eigenvalue weighted by Crippen LogP contribution is 2.41. The normalized spacial score (nSPS) is 15.1. The fraction of sp³-hybridized carbons (Fsp3) is 0.316. The summed E-state index contributed by atoms with van der Waals surface area (Å²) in [6, 6.07) is 18.0. The van der Waals surface area contributed by atoms with Gasteiger partial charge >= 0.3 is 0 Å². The predicted octanol–water partition coefficient (Wildman–Crippen LogP) is 3.51. The predicted molar refractivity (Wildman–Crippen MR) is 86.7 cm³/mol. The zero-order chi connectivity index (χ0) is 15.4. The van der Waals surface area contributed by atoms with Crippen LogP contribution in [0.2, 0.25) is 0 Å². The Bertz CT molecular complexity index is 635. The van der Waals surface area contributed by atoms with E-state index in [-0.39, 0.29) is 11.9 Å². The van der Waals surface area contributed by atoms with Crippen LogP contribution in [0.4, 0.5) is 0 Å². The zero-order valence-corrected chi connectivity index (χ0v) is 12.8. The Labute approximate surface area is 131 Å². The Hall–Kier alpha value is -2.29. The minimum atomic E-state index is 0.0465. The first-order valence-corrected chi connectivity index (χ1v) is 7.74. The lowest BCUT2D eigenvalue weighted by Crippen LogP contribution is -2.31. The van der Waals surface area contributed by atoms with Crippen molar-refractivity contribution < 1.29 is 9.53 Å². The summed E-state index contributed by atoms with van der Waals surface area (Å²) in [4.78, 5) is 12.4. The lowest BCUT2D eigenvalue weighted by molar-refractivity contribution is -0.121. The van der Waals surface area contributed by atoms with Crippen molar-refractivity contribution in [1.29, 1.82) is 0 Å². The van der Waals surface area contributed by atoms with Gasteiger partial charge in [-0.25, -0.2) is 0 Å². The van der Waals surface area contributed by atoms with Gasteiger partial charge in [-0.15, -0.1) is 0 Å².